The number of urea groups is 1. The predicted octanol–water partition coefficient (Wildman–Crippen LogP) is 2.17. The summed E-state index contributed by atoms with van der Waals surface area (Å²) in [4.78, 5) is 25.2. The molecule has 1 N–H and O–H groups in total. The smallest absolute Gasteiger partial charge is 0.328 e. The summed E-state index contributed by atoms with van der Waals surface area (Å²) in [7, 11) is 0. The lowest BCUT2D eigenvalue weighted by atomic mass is 10.1. The monoisotopic (exact) mass is 257 g/mol. The van der Waals surface area contributed by atoms with Crippen LogP contribution < -0.4 is 10.2 Å². The topological polar surface area (TPSA) is 73.2 Å². The summed E-state index contributed by atoms with van der Waals surface area (Å²) in [5, 5.41) is 11.6. The summed E-state index contributed by atoms with van der Waals surface area (Å²) in [6.45, 7) is 2.02. The van der Waals surface area contributed by atoms with Crippen LogP contribution in [0.5, 0.6) is 0 Å². The van der Waals surface area contributed by atoms with Crippen LogP contribution >= 0.6 is 0 Å². The Balaban J connectivity index is 2.18. The van der Waals surface area contributed by atoms with Crippen LogP contribution in [0.2, 0.25) is 0 Å². The molecule has 1 unspecified atom stereocenters. The lowest BCUT2D eigenvalue weighted by molar-refractivity contribution is -0.119. The molecule has 1 aliphatic rings. The summed E-state index contributed by atoms with van der Waals surface area (Å²) in [5.41, 5.74) is 0.994. The van der Waals surface area contributed by atoms with Gasteiger partial charge in [-0.15, -0.1) is 0 Å². The minimum absolute atomic E-state index is 0.0698. The number of carbonyl (C=O) groups is 2. The molecule has 1 aromatic carbocycles. The average molecular weight is 257 g/mol. The molecule has 5 heteroatoms. The molecule has 3 amide bonds. The van der Waals surface area contributed by atoms with Crippen molar-refractivity contribution >= 4 is 17.6 Å². The zero-order chi connectivity index (χ0) is 13.8. The van der Waals surface area contributed by atoms with Crippen molar-refractivity contribution < 1.29 is 9.59 Å². The number of hydrogen-bond donors (Lipinski definition) is 1. The van der Waals surface area contributed by atoms with Gasteiger partial charge >= 0.3 is 6.03 Å². The van der Waals surface area contributed by atoms with Crippen LogP contribution in [-0.4, -0.2) is 18.0 Å². The number of rotatable bonds is 3. The number of benzene rings is 1. The Kier molecular flexibility index (Phi) is 3.81. The highest BCUT2D eigenvalue weighted by molar-refractivity contribution is 6.16. The molecule has 2 rings (SSSR count). The van der Waals surface area contributed by atoms with Gasteiger partial charge in [-0.3, -0.25) is 4.79 Å². The van der Waals surface area contributed by atoms with Gasteiger partial charge in [0.15, 0.2) is 0 Å². The van der Waals surface area contributed by atoms with Crippen LogP contribution in [0.1, 0.15) is 31.7 Å². The molecule has 1 heterocycles. The molecule has 0 bridgehead atoms. The van der Waals surface area contributed by atoms with Crippen molar-refractivity contribution in [1.82, 2.24) is 5.32 Å². The van der Waals surface area contributed by atoms with Crippen molar-refractivity contribution in [2.24, 2.45) is 0 Å². The van der Waals surface area contributed by atoms with E-state index in [4.69, 9.17) is 5.26 Å². The standard InChI is InChI=1S/C14H15N3O2/c1-2-3-11-8-13(18)17(14(19)16-11)12-6-4-10(9-15)5-7-12/h4-7,11H,2-3,8H2,1H3,(H,16,19). The average Bonchev–Trinajstić information content (AvgIpc) is 2.39. The fourth-order valence-corrected chi connectivity index (χ4v) is 2.17. The summed E-state index contributed by atoms with van der Waals surface area (Å²) >= 11 is 0. The fourth-order valence-electron chi connectivity index (χ4n) is 2.17. The second-order valence-electron chi connectivity index (χ2n) is 4.53. The summed E-state index contributed by atoms with van der Waals surface area (Å²) < 4.78 is 0. The van der Waals surface area contributed by atoms with Gasteiger partial charge in [0.2, 0.25) is 5.91 Å². The number of nitrogens with one attached hydrogen (secondary N) is 1. The first-order chi connectivity index (χ1) is 9.15. The molecule has 19 heavy (non-hydrogen) atoms. The number of anilines is 1. The third-order valence-electron chi connectivity index (χ3n) is 3.09. The maximum atomic E-state index is 12.0. The molecular formula is C14H15N3O2. The zero-order valence-electron chi connectivity index (χ0n) is 10.7. The van der Waals surface area contributed by atoms with Crippen LogP contribution in [-0.2, 0) is 4.79 Å². The number of nitrogens with zero attached hydrogens (tertiary/aromatic N) is 2. The lowest BCUT2D eigenvalue weighted by Crippen LogP contribution is -2.54. The van der Waals surface area contributed by atoms with Gasteiger partial charge in [-0.1, -0.05) is 13.3 Å². The van der Waals surface area contributed by atoms with Gasteiger partial charge in [0.25, 0.3) is 0 Å². The largest absolute Gasteiger partial charge is 0.334 e. The third-order valence-corrected chi connectivity index (χ3v) is 3.09. The van der Waals surface area contributed by atoms with E-state index >= 15 is 0 Å². The first kappa shape index (κ1) is 13.1. The van der Waals surface area contributed by atoms with Crippen molar-refractivity contribution in [1.29, 1.82) is 5.26 Å². The first-order valence-corrected chi connectivity index (χ1v) is 6.29. The van der Waals surface area contributed by atoms with Crippen molar-refractivity contribution in [2.45, 2.75) is 32.2 Å². The molecule has 0 radical (unpaired) electrons. The number of amides is 3. The maximum absolute atomic E-state index is 12.0. The molecule has 0 aromatic heterocycles. The first-order valence-electron chi connectivity index (χ1n) is 6.29. The highest BCUT2D eigenvalue weighted by Crippen LogP contribution is 2.21. The summed E-state index contributed by atoms with van der Waals surface area (Å²) in [6, 6.07) is 7.94. The fraction of sp³-hybridized carbons (Fsp3) is 0.357. The molecule has 1 fully saturated rings. The quantitative estimate of drug-likeness (QED) is 0.901. The van der Waals surface area contributed by atoms with E-state index < -0.39 is 0 Å². The third kappa shape index (κ3) is 2.74. The Morgan fingerprint density at radius 2 is 2.05 bits per heavy atom. The maximum Gasteiger partial charge on any atom is 0.328 e. The molecule has 0 aliphatic carbocycles. The highest BCUT2D eigenvalue weighted by Gasteiger charge is 2.32. The minimum Gasteiger partial charge on any atom is -0.334 e. The molecule has 1 saturated heterocycles. The summed E-state index contributed by atoms with van der Waals surface area (Å²) in [6.07, 6.45) is 2.05. The van der Waals surface area contributed by atoms with Gasteiger partial charge in [0.1, 0.15) is 0 Å². The van der Waals surface area contributed by atoms with Gasteiger partial charge in [0.05, 0.1) is 17.3 Å². The van der Waals surface area contributed by atoms with Gasteiger partial charge in [0, 0.05) is 12.5 Å². The van der Waals surface area contributed by atoms with Crippen LogP contribution in [0.25, 0.3) is 0 Å². The minimum atomic E-state index is -0.389. The number of imide groups is 1. The second kappa shape index (κ2) is 5.53. The molecule has 0 saturated carbocycles. The van der Waals surface area contributed by atoms with E-state index in [-0.39, 0.29) is 18.0 Å². The van der Waals surface area contributed by atoms with Crippen molar-refractivity contribution in [3.8, 4) is 6.07 Å². The lowest BCUT2D eigenvalue weighted by Gasteiger charge is -2.31. The van der Waals surface area contributed by atoms with E-state index in [1.165, 1.54) is 0 Å². The van der Waals surface area contributed by atoms with E-state index in [1.807, 2.05) is 13.0 Å². The Morgan fingerprint density at radius 3 is 2.58 bits per heavy atom. The molecule has 98 valence electrons. The molecule has 5 nitrogen and oxygen atoms in total. The number of hydrogen-bond acceptors (Lipinski definition) is 3. The highest BCUT2D eigenvalue weighted by atomic mass is 16.2. The van der Waals surface area contributed by atoms with Crippen LogP contribution in [0.15, 0.2) is 24.3 Å². The zero-order valence-corrected chi connectivity index (χ0v) is 10.7. The van der Waals surface area contributed by atoms with Crippen molar-refractivity contribution in [3.63, 3.8) is 0 Å². The molecular weight excluding hydrogens is 242 g/mol. The normalized spacial score (nSPS) is 18.9. The Bertz CT molecular complexity index is 513. The van der Waals surface area contributed by atoms with E-state index in [1.54, 1.807) is 24.3 Å². The van der Waals surface area contributed by atoms with Gasteiger partial charge in [-0.25, -0.2) is 9.69 Å². The van der Waals surface area contributed by atoms with Gasteiger partial charge < -0.3 is 5.32 Å². The van der Waals surface area contributed by atoms with Crippen LogP contribution in [0, 0.1) is 11.3 Å². The van der Waals surface area contributed by atoms with Crippen LogP contribution in [0.3, 0.4) is 0 Å². The number of nitriles is 1. The van der Waals surface area contributed by atoms with E-state index in [0.717, 1.165) is 17.7 Å². The summed E-state index contributed by atoms with van der Waals surface area (Å²) in [5.74, 6) is -0.202. The van der Waals surface area contributed by atoms with E-state index in [0.29, 0.717) is 17.7 Å². The Hall–Kier alpha value is -2.35. The van der Waals surface area contributed by atoms with Crippen LogP contribution in [0.4, 0.5) is 10.5 Å². The SMILES string of the molecule is CCCC1CC(=O)N(c2ccc(C#N)cc2)C(=O)N1. The molecule has 0 spiro atoms. The molecule has 1 aromatic rings. The molecule has 1 atom stereocenters. The van der Waals surface area contributed by atoms with Gasteiger partial charge in [-0.2, -0.15) is 5.26 Å². The Labute approximate surface area is 111 Å². The predicted molar refractivity (Wildman–Crippen MR) is 70.5 cm³/mol. The molecule has 1 aliphatic heterocycles. The van der Waals surface area contributed by atoms with Gasteiger partial charge in [-0.05, 0) is 30.7 Å². The second-order valence-corrected chi connectivity index (χ2v) is 4.53. The number of carbonyl (C=O) groups excluding carboxylic acids is 2. The van der Waals surface area contributed by atoms with Crippen molar-refractivity contribution in [2.75, 3.05) is 4.90 Å². The van der Waals surface area contributed by atoms with Crippen molar-refractivity contribution in [3.05, 3.63) is 29.8 Å². The van der Waals surface area contributed by atoms with E-state index in [2.05, 4.69) is 5.32 Å². The van der Waals surface area contributed by atoms with E-state index in [9.17, 15) is 9.59 Å². The Morgan fingerprint density at radius 1 is 1.37 bits per heavy atom.